The lowest BCUT2D eigenvalue weighted by Gasteiger charge is -2.35. The van der Waals surface area contributed by atoms with Gasteiger partial charge in [0.05, 0.1) is 12.8 Å². The third-order valence-electron chi connectivity index (χ3n) is 3.59. The first-order valence-electron chi connectivity index (χ1n) is 6.08. The number of imidazole rings is 1. The first-order valence-corrected chi connectivity index (χ1v) is 8.99. The average Bonchev–Trinajstić information content (AvgIpc) is 2.67. The minimum atomic E-state index is -1.73. The predicted molar refractivity (Wildman–Crippen MR) is 73.7 cm³/mol. The molecule has 0 fully saturated rings. The van der Waals surface area contributed by atoms with Crippen LogP contribution in [0.4, 0.5) is 0 Å². The number of rotatable bonds is 3. The summed E-state index contributed by atoms with van der Waals surface area (Å²) in [5, 5.41) is 0.207. The first kappa shape index (κ1) is 13.2. The summed E-state index contributed by atoms with van der Waals surface area (Å²) < 4.78 is 6.11. The van der Waals surface area contributed by atoms with Crippen molar-refractivity contribution in [3.8, 4) is 0 Å². The Morgan fingerprint density at radius 2 is 2.06 bits per heavy atom. The van der Waals surface area contributed by atoms with Crippen LogP contribution >= 0.6 is 0 Å². The first-order chi connectivity index (χ1) is 8.29. The van der Waals surface area contributed by atoms with Crippen LogP contribution in [-0.4, -0.2) is 28.3 Å². The van der Waals surface area contributed by atoms with Gasteiger partial charge in [0, 0.05) is 0 Å². The van der Waals surface area contributed by atoms with Crippen LogP contribution in [0.2, 0.25) is 18.1 Å². The second-order valence-electron chi connectivity index (χ2n) is 5.99. The Kier molecular flexibility index (Phi) is 3.25. The van der Waals surface area contributed by atoms with Gasteiger partial charge in [-0.05, 0) is 18.1 Å². The molecule has 2 rings (SSSR count). The second kappa shape index (κ2) is 4.44. The lowest BCUT2D eigenvalue weighted by Crippen LogP contribution is -2.40. The van der Waals surface area contributed by atoms with Gasteiger partial charge in [-0.1, -0.05) is 20.8 Å². The summed E-state index contributed by atoms with van der Waals surface area (Å²) in [6.45, 7) is 11.6. The van der Waals surface area contributed by atoms with Gasteiger partial charge >= 0.3 is 0 Å². The van der Waals surface area contributed by atoms with Crippen LogP contribution in [0.5, 0.6) is 0 Å². The molecular weight excluding hydrogens is 244 g/mol. The number of aromatic amines is 1. The van der Waals surface area contributed by atoms with E-state index in [4.69, 9.17) is 4.43 Å². The molecule has 0 atom stereocenters. The summed E-state index contributed by atoms with van der Waals surface area (Å²) in [5.41, 5.74) is 1.55. The lowest BCUT2D eigenvalue weighted by molar-refractivity contribution is 0.268. The van der Waals surface area contributed by atoms with Crippen molar-refractivity contribution in [2.75, 3.05) is 0 Å². The van der Waals surface area contributed by atoms with E-state index >= 15 is 0 Å². The van der Waals surface area contributed by atoms with Crippen molar-refractivity contribution in [2.45, 2.75) is 45.5 Å². The molecule has 0 bridgehead atoms. The molecule has 1 N–H and O–H groups in total. The summed E-state index contributed by atoms with van der Waals surface area (Å²) in [5.74, 6) is 0.815. The fraction of sp³-hybridized carbons (Fsp3) is 0.583. The van der Waals surface area contributed by atoms with Crippen molar-refractivity contribution in [1.29, 1.82) is 0 Å². The largest absolute Gasteiger partial charge is 0.409 e. The molecule has 2 heterocycles. The Balaban J connectivity index is 2.11. The minimum Gasteiger partial charge on any atom is -0.409 e. The Morgan fingerprint density at radius 1 is 1.33 bits per heavy atom. The highest BCUT2D eigenvalue weighted by Gasteiger charge is 2.37. The normalized spacial score (nSPS) is 13.2. The van der Waals surface area contributed by atoms with Gasteiger partial charge in [-0.25, -0.2) is 15.0 Å². The number of fused-ring (bicyclic) bond motifs is 1. The molecule has 0 aliphatic heterocycles. The summed E-state index contributed by atoms with van der Waals surface area (Å²) in [4.78, 5) is 15.6. The van der Waals surface area contributed by atoms with Gasteiger partial charge in [-0.2, -0.15) is 0 Å². The van der Waals surface area contributed by atoms with E-state index in [9.17, 15) is 0 Å². The molecule has 98 valence electrons. The fourth-order valence-corrected chi connectivity index (χ4v) is 2.28. The van der Waals surface area contributed by atoms with Gasteiger partial charge in [-0.3, -0.25) is 0 Å². The molecule has 0 aliphatic rings. The maximum atomic E-state index is 6.11. The van der Waals surface area contributed by atoms with Crippen LogP contribution in [-0.2, 0) is 11.0 Å². The highest BCUT2D eigenvalue weighted by molar-refractivity contribution is 6.74. The van der Waals surface area contributed by atoms with Crippen LogP contribution in [0.1, 0.15) is 26.6 Å². The van der Waals surface area contributed by atoms with Gasteiger partial charge in [0.2, 0.25) is 0 Å². The standard InChI is InChI=1S/C12H20N4OSi/c1-12(2,3)18(4,5)17-7-10-15-9-6-13-8-14-11(9)16-10/h6,8H,7H2,1-5H3,(H,13,14,15,16). The number of nitrogens with zero attached hydrogens (tertiary/aromatic N) is 3. The number of nitrogens with one attached hydrogen (secondary N) is 1. The molecule has 0 saturated carbocycles. The predicted octanol–water partition coefficient (Wildman–Crippen LogP) is 2.87. The quantitative estimate of drug-likeness (QED) is 0.866. The third kappa shape index (κ3) is 2.59. The smallest absolute Gasteiger partial charge is 0.192 e. The Bertz CT molecular complexity index is 511. The molecule has 0 radical (unpaired) electrons. The molecule has 18 heavy (non-hydrogen) atoms. The van der Waals surface area contributed by atoms with Crippen molar-refractivity contribution in [3.05, 3.63) is 18.3 Å². The monoisotopic (exact) mass is 264 g/mol. The molecule has 0 spiro atoms. The van der Waals surface area contributed by atoms with Gasteiger partial charge in [0.25, 0.3) is 0 Å². The highest BCUT2D eigenvalue weighted by atomic mass is 28.4. The van der Waals surface area contributed by atoms with E-state index in [0.717, 1.165) is 11.3 Å². The van der Waals surface area contributed by atoms with Crippen LogP contribution in [0.15, 0.2) is 12.5 Å². The van der Waals surface area contributed by atoms with E-state index in [0.29, 0.717) is 12.3 Å². The molecule has 0 aromatic carbocycles. The van der Waals surface area contributed by atoms with Crippen LogP contribution < -0.4 is 0 Å². The Morgan fingerprint density at radius 3 is 2.67 bits per heavy atom. The van der Waals surface area contributed by atoms with Crippen LogP contribution in [0.25, 0.3) is 11.2 Å². The molecule has 0 aliphatic carbocycles. The van der Waals surface area contributed by atoms with E-state index in [-0.39, 0.29) is 5.04 Å². The average molecular weight is 264 g/mol. The van der Waals surface area contributed by atoms with Crippen molar-refractivity contribution < 1.29 is 4.43 Å². The van der Waals surface area contributed by atoms with E-state index < -0.39 is 8.32 Å². The Hall–Kier alpha value is -1.27. The van der Waals surface area contributed by atoms with Gasteiger partial charge in [0.15, 0.2) is 14.0 Å². The van der Waals surface area contributed by atoms with Gasteiger partial charge in [0.1, 0.15) is 17.7 Å². The molecule has 5 nitrogen and oxygen atoms in total. The Labute approximate surface area is 108 Å². The van der Waals surface area contributed by atoms with Crippen molar-refractivity contribution in [2.24, 2.45) is 0 Å². The third-order valence-corrected chi connectivity index (χ3v) is 8.07. The van der Waals surface area contributed by atoms with Crippen molar-refractivity contribution in [1.82, 2.24) is 19.9 Å². The minimum absolute atomic E-state index is 0.207. The number of H-pyrrole nitrogens is 1. The van der Waals surface area contributed by atoms with E-state index in [1.807, 2.05) is 0 Å². The zero-order chi connectivity index (χ0) is 13.4. The topological polar surface area (TPSA) is 63.7 Å². The molecule has 2 aromatic rings. The maximum Gasteiger partial charge on any atom is 0.192 e. The second-order valence-corrected chi connectivity index (χ2v) is 10.8. The number of hydrogen-bond donors (Lipinski definition) is 1. The van der Waals surface area contributed by atoms with E-state index in [1.165, 1.54) is 6.33 Å². The SMILES string of the molecule is CC(C)(C)[Si](C)(C)OCc1nc2ncncc2[nH]1. The summed E-state index contributed by atoms with van der Waals surface area (Å²) in [6, 6.07) is 0. The molecule has 6 heteroatoms. The lowest BCUT2D eigenvalue weighted by atomic mass is 10.2. The van der Waals surface area contributed by atoms with Crippen LogP contribution in [0, 0.1) is 0 Å². The molecule has 0 unspecified atom stereocenters. The molecular formula is C12H20N4OSi. The molecule has 0 saturated heterocycles. The number of hydrogen-bond acceptors (Lipinski definition) is 4. The zero-order valence-corrected chi connectivity index (χ0v) is 12.6. The van der Waals surface area contributed by atoms with Crippen molar-refractivity contribution >= 4 is 19.5 Å². The summed E-state index contributed by atoms with van der Waals surface area (Å²) >= 11 is 0. The van der Waals surface area contributed by atoms with E-state index in [1.54, 1.807) is 6.20 Å². The summed E-state index contributed by atoms with van der Waals surface area (Å²) in [7, 11) is -1.73. The van der Waals surface area contributed by atoms with Gasteiger partial charge in [-0.15, -0.1) is 0 Å². The summed E-state index contributed by atoms with van der Waals surface area (Å²) in [6.07, 6.45) is 3.23. The number of aromatic nitrogens is 4. The fourth-order valence-electron chi connectivity index (χ4n) is 1.35. The van der Waals surface area contributed by atoms with Crippen molar-refractivity contribution in [3.63, 3.8) is 0 Å². The van der Waals surface area contributed by atoms with E-state index in [2.05, 4.69) is 53.8 Å². The zero-order valence-electron chi connectivity index (χ0n) is 11.6. The van der Waals surface area contributed by atoms with Crippen LogP contribution in [0.3, 0.4) is 0 Å². The highest BCUT2D eigenvalue weighted by Crippen LogP contribution is 2.36. The molecule has 2 aromatic heterocycles. The maximum absolute atomic E-state index is 6.11. The van der Waals surface area contributed by atoms with Gasteiger partial charge < -0.3 is 9.41 Å². The molecule has 0 amide bonds.